The van der Waals surface area contributed by atoms with Crippen molar-refractivity contribution in [3.8, 4) is 0 Å². The smallest absolute Gasteiger partial charge is 0.416 e. The second kappa shape index (κ2) is 12.8. The Labute approximate surface area is 233 Å². The Morgan fingerprint density at radius 2 is 1.77 bits per heavy atom. The van der Waals surface area contributed by atoms with E-state index >= 15 is 0 Å². The summed E-state index contributed by atoms with van der Waals surface area (Å²) in [4.78, 5) is 42.7. The van der Waals surface area contributed by atoms with Gasteiger partial charge in [0.1, 0.15) is 6.04 Å². The van der Waals surface area contributed by atoms with Crippen LogP contribution in [0, 0.1) is 6.92 Å². The number of hydrogen-bond donors (Lipinski definition) is 4. The molecule has 0 unspecified atom stereocenters. The van der Waals surface area contributed by atoms with E-state index in [1.54, 1.807) is 39.2 Å². The monoisotopic (exact) mass is 580 g/mol. The highest BCUT2D eigenvalue weighted by Crippen LogP contribution is 2.29. The number of carbonyl (C=O) groups excluding carboxylic acids is 2. The van der Waals surface area contributed by atoms with Gasteiger partial charge in [-0.15, -0.1) is 0 Å². The molecule has 3 rings (SSSR count). The highest BCUT2D eigenvalue weighted by atomic mass is 35.5. The third kappa shape index (κ3) is 8.20. The minimum Gasteiger partial charge on any atom is -0.480 e. The number of halogens is 4. The molecule has 40 heavy (non-hydrogen) atoms. The molecule has 0 aliphatic heterocycles. The third-order valence-corrected chi connectivity index (χ3v) is 6.14. The molecule has 0 saturated carbocycles. The molecule has 0 radical (unpaired) electrons. The molecule has 0 bridgehead atoms. The summed E-state index contributed by atoms with van der Waals surface area (Å²) >= 11 is 5.95. The number of anilines is 2. The zero-order chi connectivity index (χ0) is 29.6. The van der Waals surface area contributed by atoms with Crippen LogP contribution >= 0.6 is 11.6 Å². The molecule has 0 fully saturated rings. The largest absolute Gasteiger partial charge is 0.480 e. The number of benzene rings is 2. The van der Waals surface area contributed by atoms with Gasteiger partial charge in [0.25, 0.3) is 5.91 Å². The number of aryl methyl sites for hydroxylation is 1. The number of rotatable bonds is 10. The first-order chi connectivity index (χ1) is 18.7. The number of carbonyl (C=O) groups is 3. The Morgan fingerprint density at radius 3 is 2.35 bits per heavy atom. The summed E-state index contributed by atoms with van der Waals surface area (Å²) in [6.07, 6.45) is -3.01. The van der Waals surface area contributed by atoms with Gasteiger partial charge in [0.15, 0.2) is 5.82 Å². The molecule has 1 aromatic heterocycles. The van der Waals surface area contributed by atoms with Crippen molar-refractivity contribution in [2.75, 3.05) is 31.3 Å². The average molecular weight is 581 g/mol. The van der Waals surface area contributed by atoms with Gasteiger partial charge in [0.05, 0.1) is 5.56 Å². The van der Waals surface area contributed by atoms with Gasteiger partial charge in [-0.05, 0) is 68.9 Å². The van der Waals surface area contributed by atoms with E-state index in [1.807, 2.05) is 0 Å². The van der Waals surface area contributed by atoms with Gasteiger partial charge in [-0.25, -0.2) is 9.78 Å². The van der Waals surface area contributed by atoms with Crippen molar-refractivity contribution in [1.82, 2.24) is 19.8 Å². The summed E-state index contributed by atoms with van der Waals surface area (Å²) in [5.74, 6) is -1.82. The second-order valence-corrected chi connectivity index (χ2v) is 9.61. The van der Waals surface area contributed by atoms with Crippen molar-refractivity contribution in [2.24, 2.45) is 0 Å². The van der Waals surface area contributed by atoms with Crippen molar-refractivity contribution in [3.63, 3.8) is 0 Å². The SMILES string of the molecule is Cc1cc(Cl)ccc1NC(=O)Nc1cn(Cc2ccc(C(F)(F)F)cc2)c(C(=O)NCC[C@@H](C(=O)O)N(C)C)n1. The minimum absolute atomic E-state index is 0.0119. The van der Waals surface area contributed by atoms with Gasteiger partial charge in [-0.3, -0.25) is 19.8 Å². The summed E-state index contributed by atoms with van der Waals surface area (Å²) in [5.41, 5.74) is 0.849. The van der Waals surface area contributed by atoms with Crippen molar-refractivity contribution in [2.45, 2.75) is 32.1 Å². The third-order valence-electron chi connectivity index (χ3n) is 5.90. The highest BCUT2D eigenvalue weighted by molar-refractivity contribution is 6.30. The lowest BCUT2D eigenvalue weighted by Gasteiger charge is -2.19. The summed E-state index contributed by atoms with van der Waals surface area (Å²) < 4.78 is 40.2. The Balaban J connectivity index is 1.80. The summed E-state index contributed by atoms with van der Waals surface area (Å²) in [7, 11) is 3.21. The fourth-order valence-corrected chi connectivity index (χ4v) is 4.04. The Kier molecular flexibility index (Phi) is 9.77. The van der Waals surface area contributed by atoms with Crippen LogP contribution in [-0.4, -0.2) is 64.1 Å². The molecule has 2 aromatic carbocycles. The summed E-state index contributed by atoms with van der Waals surface area (Å²) in [6.45, 7) is 1.75. The Morgan fingerprint density at radius 1 is 1.10 bits per heavy atom. The number of likely N-dealkylation sites (N-methyl/N-ethyl adjacent to an activating group) is 1. The molecule has 4 N–H and O–H groups in total. The van der Waals surface area contributed by atoms with Crippen LogP contribution in [0.5, 0.6) is 0 Å². The number of aromatic nitrogens is 2. The number of carboxylic acid groups (broad SMARTS) is 1. The van der Waals surface area contributed by atoms with Gasteiger partial charge in [-0.2, -0.15) is 13.2 Å². The van der Waals surface area contributed by atoms with E-state index in [0.717, 1.165) is 12.1 Å². The molecule has 214 valence electrons. The number of aliphatic carboxylic acids is 1. The van der Waals surface area contributed by atoms with E-state index in [9.17, 15) is 32.7 Å². The molecule has 10 nitrogen and oxygen atoms in total. The molecule has 0 aliphatic carbocycles. The lowest BCUT2D eigenvalue weighted by Crippen LogP contribution is -2.39. The van der Waals surface area contributed by atoms with Crippen LogP contribution in [0.15, 0.2) is 48.7 Å². The first-order valence-electron chi connectivity index (χ1n) is 12.0. The molecule has 3 amide bonds. The van der Waals surface area contributed by atoms with Crippen LogP contribution in [0.2, 0.25) is 5.02 Å². The lowest BCUT2D eigenvalue weighted by molar-refractivity contribution is -0.142. The lowest BCUT2D eigenvalue weighted by atomic mass is 10.1. The number of urea groups is 1. The molecule has 14 heteroatoms. The van der Waals surface area contributed by atoms with Gasteiger partial charge < -0.3 is 20.3 Å². The molecular formula is C26H28ClF3N6O4. The first kappa shape index (κ1) is 30.4. The molecule has 0 aliphatic rings. The number of nitrogens with zero attached hydrogens (tertiary/aromatic N) is 3. The van der Waals surface area contributed by atoms with E-state index in [1.165, 1.54) is 27.8 Å². The van der Waals surface area contributed by atoms with Gasteiger partial charge in [0, 0.05) is 30.0 Å². The predicted octanol–water partition coefficient (Wildman–Crippen LogP) is 4.69. The van der Waals surface area contributed by atoms with E-state index < -0.39 is 35.7 Å². The van der Waals surface area contributed by atoms with E-state index in [2.05, 4.69) is 20.9 Å². The van der Waals surface area contributed by atoms with Crippen LogP contribution in [0.1, 0.15) is 33.7 Å². The maximum atomic E-state index is 13.0. The first-order valence-corrected chi connectivity index (χ1v) is 12.4. The highest BCUT2D eigenvalue weighted by Gasteiger charge is 2.30. The number of amides is 3. The molecule has 3 aromatic rings. The minimum atomic E-state index is -4.49. The van der Waals surface area contributed by atoms with E-state index in [0.29, 0.717) is 21.8 Å². The summed E-state index contributed by atoms with van der Waals surface area (Å²) in [5, 5.41) is 17.6. The Hall–Kier alpha value is -4.10. The number of carboxylic acids is 1. The zero-order valence-electron chi connectivity index (χ0n) is 21.8. The predicted molar refractivity (Wildman–Crippen MR) is 144 cm³/mol. The second-order valence-electron chi connectivity index (χ2n) is 9.17. The standard InChI is InChI=1S/C26H28ClF3N6O4/c1-15-12-18(27)8-9-19(15)32-25(40)34-21-14-36(13-16-4-6-17(7-5-16)26(28,29)30)22(33-21)23(37)31-11-10-20(24(38)39)35(2)3/h4-9,12,14,20H,10-11,13H2,1-3H3,(H,31,37)(H,38,39)(H2,32,34,40)/t20-/m0/s1. The zero-order valence-corrected chi connectivity index (χ0v) is 22.6. The number of hydrogen-bond acceptors (Lipinski definition) is 5. The van der Waals surface area contributed by atoms with Crippen LogP contribution in [0.4, 0.5) is 29.5 Å². The van der Waals surface area contributed by atoms with Gasteiger partial charge >= 0.3 is 18.2 Å². The number of nitrogens with one attached hydrogen (secondary N) is 3. The number of imidazole rings is 1. The fraction of sp³-hybridized carbons (Fsp3) is 0.308. The molecular weight excluding hydrogens is 553 g/mol. The van der Waals surface area contributed by atoms with Gasteiger partial charge in [-0.1, -0.05) is 23.7 Å². The summed E-state index contributed by atoms with van der Waals surface area (Å²) in [6, 6.07) is 7.85. The average Bonchev–Trinajstić information content (AvgIpc) is 3.24. The van der Waals surface area contributed by atoms with Crippen molar-refractivity contribution >= 4 is 41.0 Å². The van der Waals surface area contributed by atoms with E-state index in [-0.39, 0.29) is 31.2 Å². The van der Waals surface area contributed by atoms with Crippen molar-refractivity contribution in [3.05, 3.63) is 76.2 Å². The normalized spacial score (nSPS) is 12.2. The Bertz CT molecular complexity index is 1380. The van der Waals surface area contributed by atoms with Gasteiger partial charge in [0.2, 0.25) is 5.82 Å². The van der Waals surface area contributed by atoms with Crippen LogP contribution in [0.25, 0.3) is 0 Å². The topological polar surface area (TPSA) is 129 Å². The molecule has 1 atom stereocenters. The molecule has 0 spiro atoms. The quantitative estimate of drug-likeness (QED) is 0.275. The number of alkyl halides is 3. The van der Waals surface area contributed by atoms with Crippen LogP contribution < -0.4 is 16.0 Å². The maximum Gasteiger partial charge on any atom is 0.416 e. The fourth-order valence-electron chi connectivity index (χ4n) is 3.81. The van der Waals surface area contributed by atoms with Crippen molar-refractivity contribution in [1.29, 1.82) is 0 Å². The van der Waals surface area contributed by atoms with E-state index in [4.69, 9.17) is 11.6 Å². The maximum absolute atomic E-state index is 13.0. The van der Waals surface area contributed by atoms with Crippen LogP contribution in [0.3, 0.4) is 0 Å². The molecule has 1 heterocycles. The molecule has 0 saturated heterocycles. The van der Waals surface area contributed by atoms with Crippen molar-refractivity contribution < 1.29 is 32.7 Å². The van der Waals surface area contributed by atoms with Crippen LogP contribution in [-0.2, 0) is 17.5 Å².